The van der Waals surface area contributed by atoms with Crippen molar-refractivity contribution in [2.45, 2.75) is 45.8 Å². The van der Waals surface area contributed by atoms with Gasteiger partial charge in [-0.05, 0) is 54.3 Å². The first kappa shape index (κ1) is 21.3. The van der Waals surface area contributed by atoms with E-state index in [9.17, 15) is 18.4 Å². The lowest BCUT2D eigenvalue weighted by molar-refractivity contribution is -0.117. The Labute approximate surface area is 163 Å². The molecule has 0 spiro atoms. The zero-order valence-corrected chi connectivity index (χ0v) is 16.3. The van der Waals surface area contributed by atoms with Crippen molar-refractivity contribution in [3.63, 3.8) is 0 Å². The quantitative estimate of drug-likeness (QED) is 0.771. The highest BCUT2D eigenvalue weighted by atomic mass is 19.3. The summed E-state index contributed by atoms with van der Waals surface area (Å²) in [5.41, 5.74) is 1.95. The highest BCUT2D eigenvalue weighted by Gasteiger charge is 2.18. The van der Waals surface area contributed by atoms with Crippen LogP contribution in [-0.4, -0.2) is 24.5 Å². The lowest BCUT2D eigenvalue weighted by atomic mass is 9.86. The number of hydrogen-bond donors (Lipinski definition) is 2. The molecular formula is C21H24F2N2O3. The molecule has 150 valence electrons. The molecule has 0 saturated carbocycles. The van der Waals surface area contributed by atoms with Gasteiger partial charge in [-0.25, -0.2) is 0 Å². The number of anilines is 1. The van der Waals surface area contributed by atoms with E-state index < -0.39 is 18.6 Å². The smallest absolute Gasteiger partial charge is 0.387 e. The van der Waals surface area contributed by atoms with Crippen molar-refractivity contribution < 1.29 is 23.1 Å². The lowest BCUT2D eigenvalue weighted by Crippen LogP contribution is -2.41. The van der Waals surface area contributed by atoms with Gasteiger partial charge >= 0.3 is 6.61 Å². The Morgan fingerprint density at radius 1 is 0.964 bits per heavy atom. The van der Waals surface area contributed by atoms with Gasteiger partial charge in [-0.1, -0.05) is 32.9 Å². The van der Waals surface area contributed by atoms with Gasteiger partial charge in [-0.3, -0.25) is 9.59 Å². The fraction of sp³-hybridized carbons (Fsp3) is 0.333. The van der Waals surface area contributed by atoms with Crippen LogP contribution in [0.4, 0.5) is 14.5 Å². The molecule has 1 unspecified atom stereocenters. The number of benzene rings is 2. The largest absolute Gasteiger partial charge is 0.435 e. The van der Waals surface area contributed by atoms with Gasteiger partial charge in [0, 0.05) is 11.3 Å². The average molecular weight is 390 g/mol. The van der Waals surface area contributed by atoms with Gasteiger partial charge in [0.15, 0.2) is 0 Å². The molecule has 0 aliphatic heterocycles. The summed E-state index contributed by atoms with van der Waals surface area (Å²) in [6.45, 7) is 4.90. The third kappa shape index (κ3) is 6.04. The van der Waals surface area contributed by atoms with Gasteiger partial charge in [-0.2, -0.15) is 8.78 Å². The summed E-state index contributed by atoms with van der Waals surface area (Å²) in [5, 5.41) is 5.25. The summed E-state index contributed by atoms with van der Waals surface area (Å²) >= 11 is 0. The van der Waals surface area contributed by atoms with E-state index in [1.54, 1.807) is 19.1 Å². The Kier molecular flexibility index (Phi) is 6.72. The molecule has 5 nitrogen and oxygen atoms in total. The van der Waals surface area contributed by atoms with Gasteiger partial charge in [0.1, 0.15) is 11.8 Å². The number of carbonyl (C=O) groups is 2. The Bertz CT molecular complexity index is 813. The predicted octanol–water partition coefficient (Wildman–Crippen LogP) is 4.34. The molecule has 0 saturated heterocycles. The number of nitrogens with one attached hydrogen (secondary N) is 2. The summed E-state index contributed by atoms with van der Waals surface area (Å²) in [7, 11) is 0. The van der Waals surface area contributed by atoms with Crippen LogP contribution in [0.5, 0.6) is 5.75 Å². The predicted molar refractivity (Wildman–Crippen MR) is 104 cm³/mol. The number of ether oxygens (including phenoxy) is 1. The normalized spacial score (nSPS) is 12.4. The second-order valence-electron chi connectivity index (χ2n) is 7.41. The second-order valence-corrected chi connectivity index (χ2v) is 7.41. The third-order valence-corrected chi connectivity index (χ3v) is 4.10. The molecule has 2 aromatic carbocycles. The average Bonchev–Trinajstić information content (AvgIpc) is 2.62. The van der Waals surface area contributed by atoms with E-state index in [0.717, 1.165) is 5.56 Å². The Morgan fingerprint density at radius 2 is 1.54 bits per heavy atom. The zero-order chi connectivity index (χ0) is 20.9. The van der Waals surface area contributed by atoms with E-state index in [2.05, 4.69) is 36.1 Å². The van der Waals surface area contributed by atoms with E-state index in [0.29, 0.717) is 11.3 Å². The van der Waals surface area contributed by atoms with Gasteiger partial charge in [0.25, 0.3) is 5.91 Å². The van der Waals surface area contributed by atoms with Gasteiger partial charge < -0.3 is 15.4 Å². The summed E-state index contributed by atoms with van der Waals surface area (Å²) in [4.78, 5) is 24.6. The van der Waals surface area contributed by atoms with Crippen molar-refractivity contribution in [1.29, 1.82) is 0 Å². The molecular weight excluding hydrogens is 366 g/mol. The molecule has 0 aromatic heterocycles. The topological polar surface area (TPSA) is 67.4 Å². The van der Waals surface area contributed by atoms with E-state index in [1.807, 2.05) is 12.1 Å². The molecule has 1 atom stereocenters. The number of carbonyl (C=O) groups excluding carboxylic acids is 2. The molecule has 0 aliphatic rings. The first-order valence-electron chi connectivity index (χ1n) is 8.83. The monoisotopic (exact) mass is 390 g/mol. The third-order valence-electron chi connectivity index (χ3n) is 4.10. The molecule has 2 N–H and O–H groups in total. The van der Waals surface area contributed by atoms with Gasteiger partial charge in [0.2, 0.25) is 5.91 Å². The van der Waals surface area contributed by atoms with Crippen molar-refractivity contribution in [3.05, 3.63) is 59.7 Å². The van der Waals surface area contributed by atoms with Crippen LogP contribution >= 0.6 is 0 Å². The molecule has 2 amide bonds. The van der Waals surface area contributed by atoms with Crippen LogP contribution in [0, 0.1) is 0 Å². The fourth-order valence-corrected chi connectivity index (χ4v) is 2.44. The maximum atomic E-state index is 12.3. The molecule has 0 aliphatic carbocycles. The van der Waals surface area contributed by atoms with E-state index in [4.69, 9.17) is 0 Å². The van der Waals surface area contributed by atoms with Crippen LogP contribution in [0.3, 0.4) is 0 Å². The molecule has 28 heavy (non-hydrogen) atoms. The minimum absolute atomic E-state index is 0.00643. The maximum Gasteiger partial charge on any atom is 0.387 e. The molecule has 0 radical (unpaired) electrons. The summed E-state index contributed by atoms with van der Waals surface area (Å²) in [6.07, 6.45) is 0. The minimum atomic E-state index is -2.91. The standard InChI is InChI=1S/C21H24F2N2O3/c1-13(18(26)25-16-9-11-17(12-10-16)28-20(22)23)24-19(27)14-5-7-15(8-6-14)21(2,3)4/h5-13,20H,1-4H3,(H,24,27)(H,25,26). The Balaban J connectivity index is 1.93. The zero-order valence-electron chi connectivity index (χ0n) is 16.3. The Hall–Kier alpha value is -2.96. The van der Waals surface area contributed by atoms with Crippen molar-refractivity contribution in [3.8, 4) is 5.75 Å². The van der Waals surface area contributed by atoms with Crippen LogP contribution in [-0.2, 0) is 10.2 Å². The van der Waals surface area contributed by atoms with E-state index in [1.165, 1.54) is 24.3 Å². The van der Waals surface area contributed by atoms with Crippen LogP contribution in [0.15, 0.2) is 48.5 Å². The fourth-order valence-electron chi connectivity index (χ4n) is 2.44. The second kappa shape index (κ2) is 8.82. The lowest BCUT2D eigenvalue weighted by Gasteiger charge is -2.19. The summed E-state index contributed by atoms with van der Waals surface area (Å²) in [5.74, 6) is -0.793. The van der Waals surface area contributed by atoms with Crippen molar-refractivity contribution >= 4 is 17.5 Å². The van der Waals surface area contributed by atoms with Gasteiger partial charge in [-0.15, -0.1) is 0 Å². The maximum absolute atomic E-state index is 12.3. The van der Waals surface area contributed by atoms with E-state index >= 15 is 0 Å². The van der Waals surface area contributed by atoms with Crippen molar-refractivity contribution in [2.75, 3.05) is 5.32 Å². The number of amides is 2. The first-order chi connectivity index (χ1) is 13.1. The number of halogens is 2. The van der Waals surface area contributed by atoms with Crippen LogP contribution < -0.4 is 15.4 Å². The molecule has 0 bridgehead atoms. The molecule has 2 aromatic rings. The minimum Gasteiger partial charge on any atom is -0.435 e. The first-order valence-corrected chi connectivity index (χ1v) is 8.83. The summed E-state index contributed by atoms with van der Waals surface area (Å²) < 4.78 is 28.5. The van der Waals surface area contributed by atoms with Crippen LogP contribution in [0.25, 0.3) is 0 Å². The van der Waals surface area contributed by atoms with Gasteiger partial charge in [0.05, 0.1) is 0 Å². The molecule has 7 heteroatoms. The van der Waals surface area contributed by atoms with Crippen LogP contribution in [0.1, 0.15) is 43.6 Å². The SMILES string of the molecule is CC(NC(=O)c1ccc(C(C)(C)C)cc1)C(=O)Nc1ccc(OC(F)F)cc1. The highest BCUT2D eigenvalue weighted by molar-refractivity contribution is 6.01. The highest BCUT2D eigenvalue weighted by Crippen LogP contribution is 2.22. The van der Waals surface area contributed by atoms with Crippen LogP contribution in [0.2, 0.25) is 0 Å². The molecule has 2 rings (SSSR count). The molecule has 0 fully saturated rings. The number of hydrogen-bond acceptors (Lipinski definition) is 3. The number of alkyl halides is 2. The summed E-state index contributed by atoms with van der Waals surface area (Å²) in [6, 6.07) is 12.0. The number of rotatable bonds is 6. The Morgan fingerprint density at radius 3 is 2.04 bits per heavy atom. The molecule has 0 heterocycles. The van der Waals surface area contributed by atoms with E-state index in [-0.39, 0.29) is 17.1 Å². The van der Waals surface area contributed by atoms with Crippen molar-refractivity contribution in [2.24, 2.45) is 0 Å². The van der Waals surface area contributed by atoms with Crippen molar-refractivity contribution in [1.82, 2.24) is 5.32 Å².